The average molecular weight is 729 g/mol. The van der Waals surface area contributed by atoms with Crippen molar-refractivity contribution in [1.29, 1.82) is 0 Å². The number of hydrogen-bond donors (Lipinski definition) is 2. The minimum Gasteiger partial charge on any atom is -0.483 e. The molecule has 2 N–H and O–H groups in total. The van der Waals surface area contributed by atoms with Crippen molar-refractivity contribution in [3.8, 4) is 12.8 Å². The monoisotopic (exact) mass is 728 g/mol. The SMILES string of the molecule is C#C.C/C=C(\C=C/CCN(CC)CC(=O)NC(COC)Cc1cn(C(c2ccccc2)(c2ccccc2)c2ccccc2)cn1)C(F)F.CC.O=CO. The topological polar surface area (TPSA) is 96.7 Å². The molecule has 284 valence electrons. The molecule has 0 aliphatic carbocycles. The molecule has 10 heteroatoms. The molecule has 0 fully saturated rings. The van der Waals surface area contributed by atoms with Gasteiger partial charge in [0.1, 0.15) is 5.54 Å². The lowest BCUT2D eigenvalue weighted by atomic mass is 9.77. The number of ether oxygens (including phenoxy) is 1. The second-order valence-corrected chi connectivity index (χ2v) is 11.3. The zero-order valence-electron chi connectivity index (χ0n) is 31.4. The zero-order valence-corrected chi connectivity index (χ0v) is 31.4. The van der Waals surface area contributed by atoms with Gasteiger partial charge in [0.25, 0.3) is 12.9 Å². The van der Waals surface area contributed by atoms with Crippen molar-refractivity contribution < 1.29 is 28.2 Å². The maximum atomic E-state index is 13.1. The molecule has 0 radical (unpaired) electrons. The Kier molecular flexibility index (Phi) is 22.7. The van der Waals surface area contributed by atoms with Gasteiger partial charge in [0.05, 0.1) is 31.2 Å². The fourth-order valence-corrected chi connectivity index (χ4v) is 5.84. The molecule has 1 heterocycles. The van der Waals surface area contributed by atoms with Crippen LogP contribution in [0, 0.1) is 12.8 Å². The van der Waals surface area contributed by atoms with E-state index in [-0.39, 0.29) is 30.5 Å². The Hall–Kier alpha value is -5.37. The van der Waals surface area contributed by atoms with Crippen LogP contribution in [0.3, 0.4) is 0 Å². The lowest BCUT2D eigenvalue weighted by molar-refractivity contribution is -0.124. The van der Waals surface area contributed by atoms with Crippen molar-refractivity contribution in [1.82, 2.24) is 19.8 Å². The summed E-state index contributed by atoms with van der Waals surface area (Å²) >= 11 is 0. The number of nitrogens with zero attached hydrogens (tertiary/aromatic N) is 3. The van der Waals surface area contributed by atoms with Crippen molar-refractivity contribution in [3.05, 3.63) is 150 Å². The van der Waals surface area contributed by atoms with E-state index in [1.165, 1.54) is 12.2 Å². The maximum Gasteiger partial charge on any atom is 0.290 e. The van der Waals surface area contributed by atoms with Gasteiger partial charge >= 0.3 is 0 Å². The summed E-state index contributed by atoms with van der Waals surface area (Å²) in [5.41, 5.74) is 3.45. The average Bonchev–Trinajstić information content (AvgIpc) is 3.66. The highest BCUT2D eigenvalue weighted by Gasteiger charge is 2.38. The molecular weight excluding hydrogens is 674 g/mol. The highest BCUT2D eigenvalue weighted by Crippen LogP contribution is 2.40. The summed E-state index contributed by atoms with van der Waals surface area (Å²) in [7, 11) is 1.62. The molecule has 1 aromatic heterocycles. The number of aromatic nitrogens is 2. The number of carboxylic acid groups (broad SMARTS) is 1. The van der Waals surface area contributed by atoms with E-state index in [4.69, 9.17) is 19.6 Å². The van der Waals surface area contributed by atoms with E-state index in [0.29, 0.717) is 32.5 Å². The molecule has 4 aromatic rings. The van der Waals surface area contributed by atoms with Crippen LogP contribution in [0.2, 0.25) is 0 Å². The molecule has 0 aliphatic rings. The third kappa shape index (κ3) is 13.9. The number of likely N-dealkylation sites (N-methyl/N-ethyl adjacent to an activating group) is 1. The highest BCUT2D eigenvalue weighted by atomic mass is 19.3. The van der Waals surface area contributed by atoms with Crippen molar-refractivity contribution >= 4 is 12.4 Å². The first-order valence-electron chi connectivity index (χ1n) is 17.6. The number of alkyl halides is 2. The van der Waals surface area contributed by atoms with E-state index in [9.17, 15) is 13.6 Å². The number of carbonyl (C=O) groups is 2. The number of allylic oxidation sites excluding steroid dienone is 3. The van der Waals surface area contributed by atoms with Crippen LogP contribution in [-0.2, 0) is 26.3 Å². The molecule has 0 spiro atoms. The van der Waals surface area contributed by atoms with Crippen LogP contribution in [-0.4, -0.2) is 77.8 Å². The fourth-order valence-electron chi connectivity index (χ4n) is 5.84. The first-order valence-corrected chi connectivity index (χ1v) is 17.6. The molecule has 8 nitrogen and oxygen atoms in total. The minimum atomic E-state index is -2.50. The highest BCUT2D eigenvalue weighted by molar-refractivity contribution is 5.78. The second-order valence-electron chi connectivity index (χ2n) is 11.3. The Morgan fingerprint density at radius 2 is 1.47 bits per heavy atom. The number of nitrogens with one attached hydrogen (secondary N) is 1. The zero-order chi connectivity index (χ0) is 39.5. The van der Waals surface area contributed by atoms with Crippen molar-refractivity contribution in [2.45, 2.75) is 58.5 Å². The van der Waals surface area contributed by atoms with Gasteiger partial charge in [0.15, 0.2) is 0 Å². The van der Waals surface area contributed by atoms with E-state index in [0.717, 1.165) is 22.4 Å². The molecule has 0 bridgehead atoms. The number of carbonyl (C=O) groups excluding carboxylic acids is 1. The van der Waals surface area contributed by atoms with Crippen LogP contribution in [0.4, 0.5) is 8.78 Å². The van der Waals surface area contributed by atoms with Gasteiger partial charge in [-0.2, -0.15) is 0 Å². The van der Waals surface area contributed by atoms with Crippen molar-refractivity contribution in [3.63, 3.8) is 0 Å². The van der Waals surface area contributed by atoms with Gasteiger partial charge < -0.3 is 19.7 Å². The fraction of sp³-hybridized carbons (Fsp3) is 0.326. The van der Waals surface area contributed by atoms with E-state index < -0.39 is 12.0 Å². The number of benzene rings is 3. The summed E-state index contributed by atoms with van der Waals surface area (Å²) in [5, 5.41) is 10.0. The quantitative estimate of drug-likeness (QED) is 0.0498. The normalized spacial score (nSPS) is 11.7. The molecule has 53 heavy (non-hydrogen) atoms. The first-order chi connectivity index (χ1) is 25.8. The van der Waals surface area contributed by atoms with Crippen LogP contribution in [0.25, 0.3) is 0 Å². The van der Waals surface area contributed by atoms with Gasteiger partial charge in [-0.05, 0) is 36.6 Å². The molecular formula is C43H54F2N4O4. The second kappa shape index (κ2) is 26.4. The largest absolute Gasteiger partial charge is 0.483 e. The minimum absolute atomic E-state index is 0.000752. The molecule has 1 amide bonds. The standard InChI is InChI=1S/C38H44F2N4O2.C2H6.C2H2.CH2O2/c1-4-30(37(39)40)17-15-16-24-43(5-2)27-36(45)42-35(28-46-3)25-34-26-44(29-41-34)38(31-18-9-6-10-19-31,32-20-11-7-12-21-32)33-22-13-8-14-23-33;2*1-2;2-1-3/h4,6-15,17-23,26,29,35,37H,5,16,24-25,27-28H2,1-3H3,(H,42,45);1-2H3;1-2H;1H,(H,2,3)/b17-15-,30-4+;;;. The number of halogens is 2. The summed E-state index contributed by atoms with van der Waals surface area (Å²) < 4.78 is 33.6. The van der Waals surface area contributed by atoms with Crippen LogP contribution >= 0.6 is 0 Å². The molecule has 0 saturated carbocycles. The number of hydrogen-bond acceptors (Lipinski definition) is 5. The number of terminal acetylenes is 1. The lowest BCUT2D eigenvalue weighted by Crippen LogP contribution is -2.45. The van der Waals surface area contributed by atoms with Crippen LogP contribution in [0.1, 0.15) is 56.5 Å². The van der Waals surface area contributed by atoms with Gasteiger partial charge in [0, 0.05) is 31.8 Å². The number of rotatable bonds is 17. The first kappa shape index (κ1) is 45.7. The van der Waals surface area contributed by atoms with E-state index >= 15 is 0 Å². The molecule has 1 atom stereocenters. The summed E-state index contributed by atoms with van der Waals surface area (Å²) in [6, 6.07) is 30.9. The van der Waals surface area contributed by atoms with Crippen LogP contribution in [0.5, 0.6) is 0 Å². The van der Waals surface area contributed by atoms with Gasteiger partial charge in [-0.1, -0.05) is 130 Å². The predicted octanol–water partition coefficient (Wildman–Crippen LogP) is 7.85. The van der Waals surface area contributed by atoms with E-state index in [2.05, 4.69) is 102 Å². The number of methoxy groups -OCH3 is 1. The third-order valence-corrected chi connectivity index (χ3v) is 8.11. The van der Waals surface area contributed by atoms with Gasteiger partial charge in [-0.25, -0.2) is 13.8 Å². The van der Waals surface area contributed by atoms with Gasteiger partial charge in [0.2, 0.25) is 5.91 Å². The van der Waals surface area contributed by atoms with E-state index in [1.807, 2.05) is 50.2 Å². The molecule has 1 unspecified atom stereocenters. The molecule has 3 aromatic carbocycles. The summed E-state index contributed by atoms with van der Waals surface area (Å²) in [6.45, 7) is 9.10. The Morgan fingerprint density at radius 3 is 1.89 bits per heavy atom. The van der Waals surface area contributed by atoms with Crippen LogP contribution in [0.15, 0.2) is 127 Å². The van der Waals surface area contributed by atoms with E-state index in [1.54, 1.807) is 20.1 Å². The predicted molar refractivity (Wildman–Crippen MR) is 210 cm³/mol. The van der Waals surface area contributed by atoms with Crippen molar-refractivity contribution in [2.75, 3.05) is 33.4 Å². The summed E-state index contributed by atoms with van der Waals surface area (Å²) in [5.74, 6) is -0.124. The van der Waals surface area contributed by atoms with Crippen molar-refractivity contribution in [2.24, 2.45) is 0 Å². The number of amides is 1. The molecule has 0 aliphatic heterocycles. The Bertz CT molecular complexity index is 1550. The Morgan fingerprint density at radius 1 is 0.981 bits per heavy atom. The Balaban J connectivity index is 0.00000188. The molecule has 0 saturated heterocycles. The van der Waals surface area contributed by atoms with Gasteiger partial charge in [-0.3, -0.25) is 14.5 Å². The lowest BCUT2D eigenvalue weighted by Gasteiger charge is -2.37. The summed E-state index contributed by atoms with van der Waals surface area (Å²) in [4.78, 5) is 28.3. The maximum absolute atomic E-state index is 13.1. The third-order valence-electron chi connectivity index (χ3n) is 8.11. The van der Waals surface area contributed by atoms with Crippen LogP contribution < -0.4 is 5.32 Å². The smallest absolute Gasteiger partial charge is 0.290 e. The van der Waals surface area contributed by atoms with Gasteiger partial charge in [-0.15, -0.1) is 12.8 Å². The Labute approximate surface area is 314 Å². The number of imidazole rings is 1. The molecule has 4 rings (SSSR count). The summed E-state index contributed by atoms with van der Waals surface area (Å²) in [6.07, 6.45) is 15.1.